The van der Waals surface area contributed by atoms with Crippen LogP contribution < -0.4 is 5.73 Å². The van der Waals surface area contributed by atoms with Crippen LogP contribution in [0.2, 0.25) is 0 Å². The molecule has 0 amide bonds. The van der Waals surface area contributed by atoms with Crippen LogP contribution in [-0.2, 0) is 5.41 Å². The molecular weight excluding hydrogens is 258 g/mol. The van der Waals surface area contributed by atoms with Crippen LogP contribution in [0.4, 0.5) is 0 Å². The number of hydrogen-bond acceptors (Lipinski definition) is 1. The van der Waals surface area contributed by atoms with Gasteiger partial charge in [0.2, 0.25) is 0 Å². The lowest BCUT2D eigenvalue weighted by Crippen LogP contribution is -2.37. The Labute approximate surface area is 128 Å². The van der Waals surface area contributed by atoms with Crippen LogP contribution in [0.1, 0.15) is 49.7 Å². The van der Waals surface area contributed by atoms with Gasteiger partial charge < -0.3 is 10.6 Å². The summed E-state index contributed by atoms with van der Waals surface area (Å²) in [7, 11) is 2.07. The maximum absolute atomic E-state index is 6.18. The molecule has 114 valence electrons. The van der Waals surface area contributed by atoms with Crippen molar-refractivity contribution >= 4 is 5.96 Å². The summed E-state index contributed by atoms with van der Waals surface area (Å²) >= 11 is 0. The highest BCUT2D eigenvalue weighted by atomic mass is 15.3. The van der Waals surface area contributed by atoms with Gasteiger partial charge in [-0.2, -0.15) is 0 Å². The standard InChI is InChI=1S/C18H27N3/c1-14-6-5-7-15(12-14)18(10-3-4-11-18)13-20-17(19)21(2)16-8-9-16/h5-7,12,16H,3-4,8-11,13H2,1-2H3,(H2,19,20). The highest BCUT2D eigenvalue weighted by Gasteiger charge is 2.36. The van der Waals surface area contributed by atoms with Gasteiger partial charge >= 0.3 is 0 Å². The third-order valence-corrected chi connectivity index (χ3v) is 5.19. The lowest BCUT2D eigenvalue weighted by Gasteiger charge is -2.29. The second-order valence-electron chi connectivity index (χ2n) is 6.87. The van der Waals surface area contributed by atoms with Gasteiger partial charge in [0.25, 0.3) is 0 Å². The second-order valence-corrected chi connectivity index (χ2v) is 6.87. The summed E-state index contributed by atoms with van der Waals surface area (Å²) in [6, 6.07) is 9.59. The van der Waals surface area contributed by atoms with E-state index in [-0.39, 0.29) is 5.41 Å². The Hall–Kier alpha value is -1.51. The van der Waals surface area contributed by atoms with Crippen molar-refractivity contribution in [3.05, 3.63) is 35.4 Å². The molecule has 2 aliphatic carbocycles. The van der Waals surface area contributed by atoms with Gasteiger partial charge in [0.15, 0.2) is 5.96 Å². The van der Waals surface area contributed by atoms with Crippen LogP contribution in [0, 0.1) is 6.92 Å². The average Bonchev–Trinajstić information content (AvgIpc) is 3.22. The fourth-order valence-electron chi connectivity index (χ4n) is 3.56. The molecule has 3 rings (SSSR count). The summed E-state index contributed by atoms with van der Waals surface area (Å²) in [5.41, 5.74) is 9.18. The van der Waals surface area contributed by atoms with Crippen molar-refractivity contribution < 1.29 is 0 Å². The van der Waals surface area contributed by atoms with Crippen molar-refractivity contribution in [2.75, 3.05) is 13.6 Å². The molecule has 0 radical (unpaired) electrons. The van der Waals surface area contributed by atoms with Crippen LogP contribution in [0.3, 0.4) is 0 Å². The zero-order valence-corrected chi connectivity index (χ0v) is 13.3. The molecule has 0 unspecified atom stereocenters. The molecule has 21 heavy (non-hydrogen) atoms. The van der Waals surface area contributed by atoms with E-state index in [1.165, 1.54) is 49.7 Å². The molecule has 2 fully saturated rings. The molecule has 0 spiro atoms. The van der Waals surface area contributed by atoms with Gasteiger partial charge in [0, 0.05) is 18.5 Å². The van der Waals surface area contributed by atoms with Crippen LogP contribution in [0.25, 0.3) is 0 Å². The van der Waals surface area contributed by atoms with Crippen molar-refractivity contribution in [2.24, 2.45) is 10.7 Å². The second kappa shape index (κ2) is 5.70. The Morgan fingerprint density at radius 1 is 1.33 bits per heavy atom. The zero-order valence-electron chi connectivity index (χ0n) is 13.3. The third-order valence-electron chi connectivity index (χ3n) is 5.19. The van der Waals surface area contributed by atoms with E-state index in [1.807, 2.05) is 0 Å². The number of hydrogen-bond donors (Lipinski definition) is 1. The summed E-state index contributed by atoms with van der Waals surface area (Å²) in [5.74, 6) is 0.719. The van der Waals surface area contributed by atoms with E-state index in [1.54, 1.807) is 0 Å². The van der Waals surface area contributed by atoms with E-state index >= 15 is 0 Å². The Bertz CT molecular complexity index is 525. The first kappa shape index (κ1) is 14.4. The van der Waals surface area contributed by atoms with E-state index in [0.717, 1.165) is 12.5 Å². The van der Waals surface area contributed by atoms with Gasteiger partial charge in [-0.1, -0.05) is 42.7 Å². The Morgan fingerprint density at radius 2 is 2.05 bits per heavy atom. The topological polar surface area (TPSA) is 41.6 Å². The van der Waals surface area contributed by atoms with Crippen molar-refractivity contribution in [3.63, 3.8) is 0 Å². The first-order chi connectivity index (χ1) is 10.1. The minimum absolute atomic E-state index is 0.209. The summed E-state index contributed by atoms with van der Waals surface area (Å²) < 4.78 is 0. The van der Waals surface area contributed by atoms with E-state index in [9.17, 15) is 0 Å². The zero-order chi connectivity index (χ0) is 14.9. The van der Waals surface area contributed by atoms with Crippen molar-refractivity contribution in [2.45, 2.75) is 56.9 Å². The van der Waals surface area contributed by atoms with Gasteiger partial charge in [0.1, 0.15) is 0 Å². The minimum Gasteiger partial charge on any atom is -0.370 e. The van der Waals surface area contributed by atoms with E-state index < -0.39 is 0 Å². The van der Waals surface area contributed by atoms with Crippen molar-refractivity contribution in [3.8, 4) is 0 Å². The number of nitrogens with two attached hydrogens (primary N) is 1. The first-order valence-corrected chi connectivity index (χ1v) is 8.21. The number of rotatable bonds is 4. The van der Waals surface area contributed by atoms with Crippen LogP contribution in [0.15, 0.2) is 29.3 Å². The predicted molar refractivity (Wildman–Crippen MR) is 88.6 cm³/mol. The number of aryl methyl sites for hydroxylation is 1. The average molecular weight is 285 g/mol. The molecule has 0 heterocycles. The van der Waals surface area contributed by atoms with Gasteiger partial charge in [-0.25, -0.2) is 0 Å². The predicted octanol–water partition coefficient (Wildman–Crippen LogP) is 3.22. The largest absolute Gasteiger partial charge is 0.370 e. The number of guanidine groups is 1. The monoisotopic (exact) mass is 285 g/mol. The van der Waals surface area contributed by atoms with E-state index in [4.69, 9.17) is 10.7 Å². The molecule has 2 saturated carbocycles. The molecule has 0 atom stereocenters. The summed E-state index contributed by atoms with van der Waals surface area (Å²) in [6.07, 6.45) is 7.61. The van der Waals surface area contributed by atoms with Gasteiger partial charge in [-0.3, -0.25) is 4.99 Å². The molecule has 0 bridgehead atoms. The molecule has 0 saturated heterocycles. The van der Waals surface area contributed by atoms with Crippen LogP contribution in [-0.4, -0.2) is 30.5 Å². The number of aliphatic imine (C=N–C) groups is 1. The first-order valence-electron chi connectivity index (χ1n) is 8.21. The number of nitrogens with zero attached hydrogens (tertiary/aromatic N) is 2. The summed E-state index contributed by atoms with van der Waals surface area (Å²) in [4.78, 5) is 6.92. The lowest BCUT2D eigenvalue weighted by atomic mass is 9.78. The summed E-state index contributed by atoms with van der Waals surface area (Å²) in [5, 5.41) is 0. The molecule has 2 N–H and O–H groups in total. The van der Waals surface area contributed by atoms with Crippen LogP contribution in [0.5, 0.6) is 0 Å². The molecule has 1 aromatic rings. The quantitative estimate of drug-likeness (QED) is 0.682. The van der Waals surface area contributed by atoms with E-state index in [0.29, 0.717) is 6.04 Å². The fraction of sp³-hybridized carbons (Fsp3) is 0.611. The Kier molecular flexibility index (Phi) is 3.92. The smallest absolute Gasteiger partial charge is 0.191 e. The molecule has 0 aromatic heterocycles. The van der Waals surface area contributed by atoms with Crippen molar-refractivity contribution in [1.29, 1.82) is 0 Å². The van der Waals surface area contributed by atoms with Crippen LogP contribution >= 0.6 is 0 Å². The Balaban J connectivity index is 1.79. The van der Waals surface area contributed by atoms with E-state index in [2.05, 4.69) is 43.1 Å². The maximum atomic E-state index is 6.18. The van der Waals surface area contributed by atoms with Crippen molar-refractivity contribution in [1.82, 2.24) is 4.90 Å². The lowest BCUT2D eigenvalue weighted by molar-refractivity contribution is 0.440. The van der Waals surface area contributed by atoms with Gasteiger partial charge in [-0.05, 0) is 38.2 Å². The summed E-state index contributed by atoms with van der Waals surface area (Å²) in [6.45, 7) is 3.00. The Morgan fingerprint density at radius 3 is 2.67 bits per heavy atom. The fourth-order valence-corrected chi connectivity index (χ4v) is 3.56. The van der Waals surface area contributed by atoms with Gasteiger partial charge in [-0.15, -0.1) is 0 Å². The number of benzene rings is 1. The highest BCUT2D eigenvalue weighted by molar-refractivity contribution is 5.78. The SMILES string of the molecule is Cc1cccc(C2(CN=C(N)N(C)C3CC3)CCCC2)c1. The highest BCUT2D eigenvalue weighted by Crippen LogP contribution is 2.41. The minimum atomic E-state index is 0.209. The third kappa shape index (κ3) is 3.07. The van der Waals surface area contributed by atoms with Gasteiger partial charge in [0.05, 0.1) is 6.54 Å². The maximum Gasteiger partial charge on any atom is 0.191 e. The molecule has 2 aliphatic rings. The molecular formula is C18H27N3. The molecule has 1 aromatic carbocycles. The molecule has 3 nitrogen and oxygen atoms in total. The molecule has 3 heteroatoms. The molecule has 0 aliphatic heterocycles. The normalized spacial score (nSPS) is 21.5.